The number of aromatic nitrogens is 4. The van der Waals surface area contributed by atoms with E-state index in [1.165, 1.54) is 21.6 Å². The molecule has 3 aromatic heterocycles. The summed E-state index contributed by atoms with van der Waals surface area (Å²) < 4.78 is 43.4. The van der Waals surface area contributed by atoms with Crippen LogP contribution in [-0.2, 0) is 6.54 Å². The fraction of sp³-hybridized carbons (Fsp3) is 0.500. The first-order valence-corrected chi connectivity index (χ1v) is 13.4. The van der Waals surface area contributed by atoms with Crippen molar-refractivity contribution in [2.24, 2.45) is 5.92 Å². The number of hydrogen-bond acceptors (Lipinski definition) is 7. The van der Waals surface area contributed by atoms with Gasteiger partial charge in [-0.1, -0.05) is 12.0 Å². The number of carbonyl (C=O) groups is 1. The average Bonchev–Trinajstić information content (AvgIpc) is 3.14. The number of nitrogens with zero attached hydrogens (tertiary/aromatic N) is 5. The van der Waals surface area contributed by atoms with Crippen molar-refractivity contribution in [1.29, 1.82) is 0 Å². The van der Waals surface area contributed by atoms with Crippen molar-refractivity contribution in [1.82, 2.24) is 29.6 Å². The van der Waals surface area contributed by atoms with Gasteiger partial charge in [-0.05, 0) is 69.5 Å². The van der Waals surface area contributed by atoms with Crippen molar-refractivity contribution in [2.45, 2.75) is 54.8 Å². The zero-order valence-electron chi connectivity index (χ0n) is 21.8. The maximum absolute atomic E-state index is 13.5. The SMILES string of the molecule is CN1CCC2(Nc3cccc4c(SC(F)(F)F)c(C#CCNC(=O)c5cnn(CC(C)(C)O)c5)nn34)CC2C1. The Hall–Kier alpha value is -3.21. The number of hydrogen-bond donors (Lipinski definition) is 3. The molecule has 9 nitrogen and oxygen atoms in total. The molecule has 208 valence electrons. The number of rotatable bonds is 7. The summed E-state index contributed by atoms with van der Waals surface area (Å²) in [5, 5.41) is 24.6. The molecule has 1 saturated carbocycles. The van der Waals surface area contributed by atoms with Crippen molar-refractivity contribution < 1.29 is 23.1 Å². The minimum atomic E-state index is -4.52. The lowest BCUT2D eigenvalue weighted by Gasteiger charge is -2.30. The van der Waals surface area contributed by atoms with E-state index in [0.717, 1.165) is 25.9 Å². The van der Waals surface area contributed by atoms with Crippen molar-refractivity contribution in [3.05, 3.63) is 41.9 Å². The fourth-order valence-electron chi connectivity index (χ4n) is 5.01. The molecule has 1 saturated heterocycles. The summed E-state index contributed by atoms with van der Waals surface area (Å²) in [7, 11) is 2.09. The summed E-state index contributed by atoms with van der Waals surface area (Å²) in [6.07, 6.45) is 4.85. The van der Waals surface area contributed by atoms with Gasteiger partial charge in [0, 0.05) is 24.8 Å². The lowest BCUT2D eigenvalue weighted by molar-refractivity contribution is -0.0328. The highest BCUT2D eigenvalue weighted by Gasteiger charge is 2.56. The Bertz CT molecular complexity index is 1450. The van der Waals surface area contributed by atoms with Gasteiger partial charge in [0.15, 0.2) is 0 Å². The molecule has 39 heavy (non-hydrogen) atoms. The van der Waals surface area contributed by atoms with Crippen LogP contribution in [0.1, 0.15) is 42.7 Å². The second-order valence-corrected chi connectivity index (χ2v) is 11.9. The first kappa shape index (κ1) is 27.4. The number of pyridine rings is 1. The molecule has 5 rings (SSSR count). The zero-order valence-corrected chi connectivity index (χ0v) is 22.7. The molecule has 3 aromatic rings. The number of carbonyl (C=O) groups excluding carboxylic acids is 1. The van der Waals surface area contributed by atoms with E-state index in [0.29, 0.717) is 17.3 Å². The molecule has 4 heterocycles. The fourth-order valence-corrected chi connectivity index (χ4v) is 5.69. The highest BCUT2D eigenvalue weighted by molar-refractivity contribution is 8.00. The van der Waals surface area contributed by atoms with E-state index in [-0.39, 0.29) is 46.5 Å². The Morgan fingerprint density at radius 2 is 2.13 bits per heavy atom. The second kappa shape index (κ2) is 10.1. The van der Waals surface area contributed by atoms with Gasteiger partial charge in [0.2, 0.25) is 0 Å². The number of alkyl halides is 3. The van der Waals surface area contributed by atoms with Gasteiger partial charge in [0.1, 0.15) is 11.5 Å². The standard InChI is InChI=1S/C26H30F3N7O2S/c1-24(2,38)16-35-14-17(13-31-35)23(37)30-10-5-6-19-22(39-26(27,28)29)20-7-4-8-21(36(20)33-19)32-25-9-11-34(3)15-18(25)12-25/h4,7-8,13-14,18,32,38H,9-12,15-16H2,1-3H3,(H,30,37). The van der Waals surface area contributed by atoms with Crippen LogP contribution in [0.3, 0.4) is 0 Å². The Morgan fingerprint density at radius 3 is 2.85 bits per heavy atom. The number of anilines is 1. The zero-order chi connectivity index (χ0) is 28.0. The lowest BCUT2D eigenvalue weighted by atomic mass is 10.1. The Kier molecular flexibility index (Phi) is 7.07. The van der Waals surface area contributed by atoms with Crippen LogP contribution in [0.25, 0.3) is 5.52 Å². The third kappa shape index (κ3) is 6.34. The number of amides is 1. The third-order valence-corrected chi connectivity index (χ3v) is 7.74. The predicted octanol–water partition coefficient (Wildman–Crippen LogP) is 3.20. The Balaban J connectivity index is 1.34. The summed E-state index contributed by atoms with van der Waals surface area (Å²) in [6, 6.07) is 5.14. The van der Waals surface area contributed by atoms with Gasteiger partial charge in [0.05, 0.1) is 40.9 Å². The van der Waals surface area contributed by atoms with E-state index in [2.05, 4.69) is 44.6 Å². The van der Waals surface area contributed by atoms with E-state index >= 15 is 0 Å². The molecular formula is C26H30F3N7O2S. The van der Waals surface area contributed by atoms with Crippen molar-refractivity contribution in [3.8, 4) is 11.8 Å². The first-order chi connectivity index (χ1) is 18.3. The van der Waals surface area contributed by atoms with E-state index in [9.17, 15) is 23.1 Å². The molecule has 0 bridgehead atoms. The minimum Gasteiger partial charge on any atom is -0.389 e. The topological polar surface area (TPSA) is 99.7 Å². The molecule has 1 aliphatic heterocycles. The lowest BCUT2D eigenvalue weighted by Crippen LogP contribution is -2.39. The molecule has 2 unspecified atom stereocenters. The molecule has 13 heteroatoms. The van der Waals surface area contributed by atoms with Gasteiger partial charge < -0.3 is 20.6 Å². The van der Waals surface area contributed by atoms with E-state index in [1.54, 1.807) is 26.0 Å². The molecule has 2 aliphatic rings. The molecule has 1 aliphatic carbocycles. The van der Waals surface area contributed by atoms with Crippen molar-refractivity contribution in [2.75, 3.05) is 32.0 Å². The monoisotopic (exact) mass is 561 g/mol. The van der Waals surface area contributed by atoms with Gasteiger partial charge in [-0.2, -0.15) is 23.4 Å². The molecule has 0 radical (unpaired) electrons. The van der Waals surface area contributed by atoms with Gasteiger partial charge >= 0.3 is 5.51 Å². The predicted molar refractivity (Wildman–Crippen MR) is 141 cm³/mol. The van der Waals surface area contributed by atoms with Crippen LogP contribution in [-0.4, -0.2) is 78.6 Å². The van der Waals surface area contributed by atoms with Gasteiger partial charge in [-0.25, -0.2) is 4.52 Å². The van der Waals surface area contributed by atoms with E-state index in [4.69, 9.17) is 0 Å². The first-order valence-electron chi connectivity index (χ1n) is 12.6. The number of likely N-dealkylation sites (tertiary alicyclic amines) is 1. The number of halogens is 3. The average molecular weight is 562 g/mol. The molecule has 3 N–H and O–H groups in total. The summed E-state index contributed by atoms with van der Waals surface area (Å²) in [5.74, 6) is 6.14. The summed E-state index contributed by atoms with van der Waals surface area (Å²) >= 11 is -0.243. The Morgan fingerprint density at radius 1 is 1.33 bits per heavy atom. The van der Waals surface area contributed by atoms with Crippen LogP contribution in [0.15, 0.2) is 35.5 Å². The van der Waals surface area contributed by atoms with Gasteiger partial charge in [-0.15, -0.1) is 0 Å². The number of aliphatic hydroxyl groups is 1. The number of nitrogens with one attached hydrogen (secondary N) is 2. The third-order valence-electron chi connectivity index (χ3n) is 6.90. The van der Waals surface area contributed by atoms with Crippen LogP contribution in [0.4, 0.5) is 19.0 Å². The summed E-state index contributed by atoms with van der Waals surface area (Å²) in [4.78, 5) is 14.7. The van der Waals surface area contributed by atoms with Crippen LogP contribution < -0.4 is 10.6 Å². The van der Waals surface area contributed by atoms with Crippen LogP contribution in [0.5, 0.6) is 0 Å². The Labute approximate surface area is 228 Å². The minimum absolute atomic E-state index is 0.00737. The molecule has 2 atom stereocenters. The maximum atomic E-state index is 13.5. The molecule has 2 fully saturated rings. The molecular weight excluding hydrogens is 531 g/mol. The van der Waals surface area contributed by atoms with Crippen LogP contribution in [0, 0.1) is 17.8 Å². The van der Waals surface area contributed by atoms with Crippen LogP contribution >= 0.6 is 11.8 Å². The van der Waals surface area contributed by atoms with Gasteiger partial charge in [-0.3, -0.25) is 9.48 Å². The normalized spacial score (nSPS) is 21.3. The molecule has 1 amide bonds. The van der Waals surface area contributed by atoms with Crippen LogP contribution in [0.2, 0.25) is 0 Å². The highest BCUT2D eigenvalue weighted by Crippen LogP contribution is 2.51. The maximum Gasteiger partial charge on any atom is 0.446 e. The number of fused-ring (bicyclic) bond motifs is 2. The quantitative estimate of drug-likeness (QED) is 0.301. The number of thioether (sulfide) groups is 1. The summed E-state index contributed by atoms with van der Waals surface area (Å²) in [5.41, 5.74) is -4.97. The van der Waals surface area contributed by atoms with Crippen molar-refractivity contribution >= 4 is 29.0 Å². The van der Waals surface area contributed by atoms with E-state index < -0.39 is 17.0 Å². The van der Waals surface area contributed by atoms with Crippen molar-refractivity contribution in [3.63, 3.8) is 0 Å². The summed E-state index contributed by atoms with van der Waals surface area (Å²) in [6.45, 7) is 5.32. The second-order valence-electron chi connectivity index (χ2n) is 10.9. The van der Waals surface area contributed by atoms with Gasteiger partial charge in [0.25, 0.3) is 5.91 Å². The highest BCUT2D eigenvalue weighted by atomic mass is 32.2. The number of piperidine rings is 1. The molecule has 0 aromatic carbocycles. The van der Waals surface area contributed by atoms with E-state index in [1.807, 2.05) is 6.07 Å². The molecule has 0 spiro atoms. The smallest absolute Gasteiger partial charge is 0.389 e. The largest absolute Gasteiger partial charge is 0.446 e.